The van der Waals surface area contributed by atoms with Crippen LogP contribution in [0.5, 0.6) is 0 Å². The van der Waals surface area contributed by atoms with Gasteiger partial charge in [-0.1, -0.05) is 44.5 Å². The van der Waals surface area contributed by atoms with Crippen LogP contribution < -0.4 is 10.6 Å². The summed E-state index contributed by atoms with van der Waals surface area (Å²) >= 11 is 5.90. The SMILES string of the molecule is CCC(C)NCC(=O)NC(c1ccc(Cl)cc1)C(C)C. The quantitative estimate of drug-likeness (QED) is 0.808. The third kappa shape index (κ3) is 5.51. The van der Waals surface area contributed by atoms with Gasteiger partial charge in [-0.15, -0.1) is 0 Å². The zero-order valence-corrected chi connectivity index (χ0v) is 13.5. The van der Waals surface area contributed by atoms with E-state index < -0.39 is 0 Å². The molecule has 0 aliphatic carbocycles. The summed E-state index contributed by atoms with van der Waals surface area (Å²) in [6.07, 6.45) is 1.01. The molecule has 2 unspecified atom stereocenters. The van der Waals surface area contributed by atoms with Crippen molar-refractivity contribution in [3.63, 3.8) is 0 Å². The predicted octanol–water partition coefficient (Wildman–Crippen LogP) is 3.54. The van der Waals surface area contributed by atoms with Gasteiger partial charge in [0.2, 0.25) is 5.91 Å². The molecule has 0 spiro atoms. The molecule has 1 rings (SSSR count). The van der Waals surface area contributed by atoms with E-state index in [0.29, 0.717) is 23.5 Å². The Balaban J connectivity index is 2.63. The lowest BCUT2D eigenvalue weighted by molar-refractivity contribution is -0.121. The van der Waals surface area contributed by atoms with E-state index in [1.165, 1.54) is 0 Å². The second kappa shape index (κ2) is 8.28. The summed E-state index contributed by atoms with van der Waals surface area (Å²) in [4.78, 5) is 12.0. The van der Waals surface area contributed by atoms with Gasteiger partial charge in [-0.05, 0) is 37.0 Å². The fraction of sp³-hybridized carbons (Fsp3) is 0.562. The first-order valence-corrected chi connectivity index (χ1v) is 7.60. The van der Waals surface area contributed by atoms with E-state index in [-0.39, 0.29) is 11.9 Å². The Bertz CT molecular complexity index is 417. The maximum atomic E-state index is 12.0. The molecule has 20 heavy (non-hydrogen) atoms. The summed E-state index contributed by atoms with van der Waals surface area (Å²) in [6.45, 7) is 8.72. The van der Waals surface area contributed by atoms with Crippen LogP contribution in [0.15, 0.2) is 24.3 Å². The lowest BCUT2D eigenvalue weighted by Gasteiger charge is -2.23. The molecule has 1 aromatic carbocycles. The van der Waals surface area contributed by atoms with E-state index in [1.807, 2.05) is 24.3 Å². The number of hydrogen-bond acceptors (Lipinski definition) is 2. The Morgan fingerprint density at radius 2 is 1.80 bits per heavy atom. The van der Waals surface area contributed by atoms with Gasteiger partial charge in [-0.25, -0.2) is 0 Å². The lowest BCUT2D eigenvalue weighted by atomic mass is 9.96. The maximum Gasteiger partial charge on any atom is 0.234 e. The highest BCUT2D eigenvalue weighted by molar-refractivity contribution is 6.30. The van der Waals surface area contributed by atoms with Gasteiger partial charge < -0.3 is 10.6 Å². The fourth-order valence-corrected chi connectivity index (χ4v) is 2.07. The molecule has 3 nitrogen and oxygen atoms in total. The van der Waals surface area contributed by atoms with Crippen LogP contribution in [0.3, 0.4) is 0 Å². The first kappa shape index (κ1) is 17.0. The smallest absolute Gasteiger partial charge is 0.234 e. The highest BCUT2D eigenvalue weighted by Gasteiger charge is 2.18. The molecule has 0 bridgehead atoms. The van der Waals surface area contributed by atoms with Gasteiger partial charge in [-0.3, -0.25) is 4.79 Å². The summed E-state index contributed by atoms with van der Waals surface area (Å²) in [5, 5.41) is 7.00. The van der Waals surface area contributed by atoms with Gasteiger partial charge in [0.05, 0.1) is 12.6 Å². The summed E-state index contributed by atoms with van der Waals surface area (Å²) in [6, 6.07) is 8.02. The van der Waals surface area contributed by atoms with E-state index in [4.69, 9.17) is 11.6 Å². The van der Waals surface area contributed by atoms with Crippen molar-refractivity contribution < 1.29 is 4.79 Å². The second-order valence-electron chi connectivity index (χ2n) is 5.53. The molecular weight excluding hydrogens is 272 g/mol. The zero-order chi connectivity index (χ0) is 15.1. The van der Waals surface area contributed by atoms with Crippen molar-refractivity contribution in [1.82, 2.24) is 10.6 Å². The number of nitrogens with one attached hydrogen (secondary N) is 2. The zero-order valence-electron chi connectivity index (χ0n) is 12.7. The van der Waals surface area contributed by atoms with Crippen LogP contribution in [-0.4, -0.2) is 18.5 Å². The van der Waals surface area contributed by atoms with Crippen LogP contribution in [0, 0.1) is 5.92 Å². The van der Waals surface area contributed by atoms with E-state index >= 15 is 0 Å². The normalized spacial score (nSPS) is 14.1. The topological polar surface area (TPSA) is 41.1 Å². The monoisotopic (exact) mass is 296 g/mol. The molecule has 1 amide bonds. The molecule has 2 N–H and O–H groups in total. The highest BCUT2D eigenvalue weighted by atomic mass is 35.5. The van der Waals surface area contributed by atoms with Gasteiger partial charge in [-0.2, -0.15) is 0 Å². The molecule has 1 aromatic rings. The Morgan fingerprint density at radius 1 is 1.20 bits per heavy atom. The van der Waals surface area contributed by atoms with Crippen molar-refractivity contribution in [2.24, 2.45) is 5.92 Å². The molecule has 0 heterocycles. The Morgan fingerprint density at radius 3 is 2.30 bits per heavy atom. The van der Waals surface area contributed by atoms with Gasteiger partial charge >= 0.3 is 0 Å². The van der Waals surface area contributed by atoms with Crippen molar-refractivity contribution in [2.45, 2.75) is 46.2 Å². The van der Waals surface area contributed by atoms with E-state index in [1.54, 1.807) is 0 Å². The highest BCUT2D eigenvalue weighted by Crippen LogP contribution is 2.23. The maximum absolute atomic E-state index is 12.0. The predicted molar refractivity (Wildman–Crippen MR) is 84.9 cm³/mol. The Hall–Kier alpha value is -1.06. The molecular formula is C16H25ClN2O. The van der Waals surface area contributed by atoms with Gasteiger partial charge in [0, 0.05) is 11.1 Å². The number of amides is 1. The first-order valence-electron chi connectivity index (χ1n) is 7.22. The van der Waals surface area contributed by atoms with Gasteiger partial charge in [0.25, 0.3) is 0 Å². The third-order valence-corrected chi connectivity index (χ3v) is 3.69. The fourth-order valence-electron chi connectivity index (χ4n) is 1.94. The number of halogens is 1. The van der Waals surface area contributed by atoms with Crippen LogP contribution in [0.1, 0.15) is 45.7 Å². The average Bonchev–Trinajstić information content (AvgIpc) is 2.43. The number of carbonyl (C=O) groups excluding carboxylic acids is 1. The van der Waals surface area contributed by atoms with Crippen LogP contribution in [0.2, 0.25) is 5.02 Å². The summed E-state index contributed by atoms with van der Waals surface area (Å²) < 4.78 is 0. The number of carbonyl (C=O) groups is 1. The number of rotatable bonds is 7. The van der Waals surface area contributed by atoms with Crippen molar-refractivity contribution >= 4 is 17.5 Å². The van der Waals surface area contributed by atoms with Crippen molar-refractivity contribution in [3.05, 3.63) is 34.9 Å². The largest absolute Gasteiger partial charge is 0.348 e. The molecule has 0 saturated heterocycles. The first-order chi connectivity index (χ1) is 9.43. The second-order valence-corrected chi connectivity index (χ2v) is 5.97. The van der Waals surface area contributed by atoms with Crippen LogP contribution in [0.4, 0.5) is 0 Å². The van der Waals surface area contributed by atoms with Crippen molar-refractivity contribution in [2.75, 3.05) is 6.54 Å². The van der Waals surface area contributed by atoms with Crippen LogP contribution >= 0.6 is 11.6 Å². The molecule has 112 valence electrons. The van der Waals surface area contributed by atoms with Crippen molar-refractivity contribution in [3.8, 4) is 0 Å². The van der Waals surface area contributed by atoms with E-state index in [2.05, 4.69) is 38.3 Å². The van der Waals surface area contributed by atoms with Gasteiger partial charge in [0.15, 0.2) is 0 Å². The number of benzene rings is 1. The minimum atomic E-state index is 0.0125. The van der Waals surface area contributed by atoms with E-state index in [0.717, 1.165) is 12.0 Å². The average molecular weight is 297 g/mol. The molecule has 0 saturated carbocycles. The lowest BCUT2D eigenvalue weighted by Crippen LogP contribution is -2.40. The molecule has 0 aromatic heterocycles. The summed E-state index contributed by atoms with van der Waals surface area (Å²) in [5.74, 6) is 0.350. The van der Waals surface area contributed by atoms with Crippen molar-refractivity contribution in [1.29, 1.82) is 0 Å². The van der Waals surface area contributed by atoms with Crippen LogP contribution in [0.25, 0.3) is 0 Å². The molecule has 0 aliphatic rings. The molecule has 4 heteroatoms. The van der Waals surface area contributed by atoms with Crippen LogP contribution in [-0.2, 0) is 4.79 Å². The molecule has 2 atom stereocenters. The standard InChI is InChI=1S/C16H25ClN2O/c1-5-12(4)18-10-15(20)19-16(11(2)3)13-6-8-14(17)9-7-13/h6-9,11-12,16,18H,5,10H2,1-4H3,(H,19,20). The minimum absolute atomic E-state index is 0.0125. The third-order valence-electron chi connectivity index (χ3n) is 3.44. The number of hydrogen-bond donors (Lipinski definition) is 2. The van der Waals surface area contributed by atoms with Gasteiger partial charge in [0.1, 0.15) is 0 Å². The molecule has 0 aliphatic heterocycles. The van der Waals surface area contributed by atoms with E-state index in [9.17, 15) is 4.79 Å². The summed E-state index contributed by atoms with van der Waals surface area (Å²) in [7, 11) is 0. The Kier molecular flexibility index (Phi) is 7.03. The Labute approximate surface area is 127 Å². The summed E-state index contributed by atoms with van der Waals surface area (Å²) in [5.41, 5.74) is 1.08. The molecule has 0 radical (unpaired) electrons. The minimum Gasteiger partial charge on any atom is -0.348 e. The molecule has 0 fully saturated rings.